The monoisotopic (exact) mass is 666 g/mol. The Labute approximate surface area is 259 Å². The number of fused-ring (bicyclic) bond motifs is 1. The summed E-state index contributed by atoms with van der Waals surface area (Å²) < 4.78 is 69.1. The molecular weight excluding hydrogens is 623 g/mol. The number of nitrogens with zero attached hydrogens (tertiary/aromatic N) is 2. The van der Waals surface area contributed by atoms with Gasteiger partial charge in [0.15, 0.2) is 10.9 Å². The molecule has 1 saturated heterocycles. The fourth-order valence-electron chi connectivity index (χ4n) is 4.40. The Morgan fingerprint density at radius 2 is 1.86 bits per heavy atom. The van der Waals surface area contributed by atoms with E-state index in [9.17, 15) is 23.9 Å². The molecule has 0 saturated carbocycles. The number of ether oxygens (including phenoxy) is 4. The Balaban J connectivity index is 1.89. The van der Waals surface area contributed by atoms with Crippen molar-refractivity contribution in [1.29, 1.82) is 0 Å². The number of hydrogen-bond acceptors (Lipinski definition) is 14. The summed E-state index contributed by atoms with van der Waals surface area (Å²) in [5, 5.41) is 22.5. The van der Waals surface area contributed by atoms with Crippen LogP contribution in [-0.2, 0) is 23.3 Å². The van der Waals surface area contributed by atoms with Crippen molar-refractivity contribution >= 4 is 51.8 Å². The van der Waals surface area contributed by atoms with Crippen LogP contribution >= 0.6 is 30.6 Å². The molecule has 0 bridgehead atoms. The highest BCUT2D eigenvalue weighted by molar-refractivity contribution is 8.05. The lowest BCUT2D eigenvalue weighted by Gasteiger charge is -2.32. The van der Waals surface area contributed by atoms with E-state index in [0.717, 1.165) is 0 Å². The van der Waals surface area contributed by atoms with E-state index in [2.05, 4.69) is 9.97 Å². The summed E-state index contributed by atoms with van der Waals surface area (Å²) in [5.41, 5.74) is -2.21. The standard InChI is InChI=1S/C27H43N2O11PS2/c1-10-41(32,17(13-37-23(42)25(2,3)4)40-24(43(33)34)26(5,6)7)38-12-16-20(30)27(8,31)21(39-16)15-11-36-19-18(15)28-14-29-22(19)35-9/h11,14,16-17,20-21,30-31,33-34H,10,12-13H2,1-9H3. The lowest BCUT2D eigenvalue weighted by atomic mass is 9.89. The van der Waals surface area contributed by atoms with Crippen LogP contribution in [0.2, 0.25) is 0 Å². The van der Waals surface area contributed by atoms with Crippen molar-refractivity contribution in [3.63, 3.8) is 0 Å². The molecule has 1 aliphatic rings. The van der Waals surface area contributed by atoms with Gasteiger partial charge in [-0.25, -0.2) is 4.98 Å². The summed E-state index contributed by atoms with van der Waals surface area (Å²) in [4.78, 5) is 8.23. The molecule has 244 valence electrons. The molecule has 0 spiro atoms. The summed E-state index contributed by atoms with van der Waals surface area (Å²) in [6, 6.07) is 0. The first kappa shape index (κ1) is 36.0. The fraction of sp³-hybridized carbons (Fsp3) is 0.704. The van der Waals surface area contributed by atoms with Gasteiger partial charge in [0.1, 0.15) is 47.4 Å². The number of methoxy groups -OCH3 is 1. The van der Waals surface area contributed by atoms with E-state index in [-0.39, 0.29) is 34.3 Å². The van der Waals surface area contributed by atoms with Crippen LogP contribution < -0.4 is 4.74 Å². The van der Waals surface area contributed by atoms with Gasteiger partial charge in [-0.2, -0.15) is 4.98 Å². The van der Waals surface area contributed by atoms with E-state index in [0.29, 0.717) is 11.1 Å². The lowest BCUT2D eigenvalue weighted by Crippen LogP contribution is -2.43. The van der Waals surface area contributed by atoms with Gasteiger partial charge in [0, 0.05) is 22.6 Å². The van der Waals surface area contributed by atoms with Gasteiger partial charge in [-0.1, -0.05) is 48.5 Å². The third-order valence-electron chi connectivity index (χ3n) is 6.94. The van der Waals surface area contributed by atoms with E-state index in [4.69, 9.17) is 40.1 Å². The normalized spacial score (nSPS) is 25.1. The molecule has 43 heavy (non-hydrogen) atoms. The summed E-state index contributed by atoms with van der Waals surface area (Å²) in [5.74, 6) is -1.09. The first-order valence-electron chi connectivity index (χ1n) is 13.7. The van der Waals surface area contributed by atoms with Gasteiger partial charge >= 0.3 is 0 Å². The number of aliphatic hydroxyl groups excluding tert-OH is 1. The molecule has 13 nitrogen and oxygen atoms in total. The van der Waals surface area contributed by atoms with Crippen molar-refractivity contribution in [1.82, 2.24) is 9.97 Å². The van der Waals surface area contributed by atoms with Crippen molar-refractivity contribution in [2.75, 3.05) is 26.5 Å². The second kappa shape index (κ2) is 13.5. The number of rotatable bonds is 10. The molecule has 3 heterocycles. The summed E-state index contributed by atoms with van der Waals surface area (Å²) in [6.45, 7) is 13.1. The molecule has 0 amide bonds. The maximum Gasteiger partial charge on any atom is 0.261 e. The number of furan rings is 1. The quantitative estimate of drug-likeness (QED) is 0.191. The largest absolute Gasteiger partial charge is 0.483 e. The summed E-state index contributed by atoms with van der Waals surface area (Å²) >= 11 is 3.12. The molecule has 6 atom stereocenters. The molecule has 1 fully saturated rings. The average Bonchev–Trinajstić information content (AvgIpc) is 3.43. The molecule has 0 aromatic carbocycles. The lowest BCUT2D eigenvalue weighted by molar-refractivity contribution is -0.0643. The fourth-order valence-corrected chi connectivity index (χ4v) is 7.01. The molecule has 0 aliphatic carbocycles. The maximum absolute atomic E-state index is 14.3. The molecule has 6 unspecified atom stereocenters. The zero-order chi connectivity index (χ0) is 32.5. The molecule has 2 aromatic rings. The maximum atomic E-state index is 14.3. The molecule has 2 aromatic heterocycles. The van der Waals surface area contributed by atoms with Crippen LogP contribution in [0.1, 0.15) is 67.1 Å². The van der Waals surface area contributed by atoms with Gasteiger partial charge in [0.25, 0.3) is 5.88 Å². The molecule has 1 aliphatic heterocycles. The van der Waals surface area contributed by atoms with E-state index in [1.807, 2.05) is 20.8 Å². The number of hydrogen-bond donors (Lipinski definition) is 4. The molecule has 0 radical (unpaired) electrons. The van der Waals surface area contributed by atoms with Crippen molar-refractivity contribution in [2.24, 2.45) is 10.8 Å². The van der Waals surface area contributed by atoms with Crippen molar-refractivity contribution in [3.05, 3.63) is 18.2 Å². The van der Waals surface area contributed by atoms with Crippen LogP contribution in [0.4, 0.5) is 0 Å². The third kappa shape index (κ3) is 7.83. The van der Waals surface area contributed by atoms with Gasteiger partial charge in [-0.15, -0.1) is 0 Å². The summed E-state index contributed by atoms with van der Waals surface area (Å²) in [6.07, 6.45) is -1.09. The van der Waals surface area contributed by atoms with Gasteiger partial charge < -0.3 is 47.2 Å². The first-order valence-corrected chi connectivity index (χ1v) is 17.1. The first-order chi connectivity index (χ1) is 19.8. The van der Waals surface area contributed by atoms with E-state index >= 15 is 0 Å². The van der Waals surface area contributed by atoms with Gasteiger partial charge in [0.2, 0.25) is 13.0 Å². The van der Waals surface area contributed by atoms with Crippen LogP contribution in [0, 0.1) is 10.8 Å². The van der Waals surface area contributed by atoms with E-state index in [1.165, 1.54) is 26.6 Å². The zero-order valence-electron chi connectivity index (χ0n) is 25.9. The minimum Gasteiger partial charge on any atom is -0.483 e. The Morgan fingerprint density at radius 3 is 2.40 bits per heavy atom. The van der Waals surface area contributed by atoms with Crippen LogP contribution in [-0.4, -0.2) is 89.5 Å². The number of aliphatic hydroxyl groups is 2. The highest BCUT2D eigenvalue weighted by atomic mass is 32.2. The van der Waals surface area contributed by atoms with Gasteiger partial charge in [-0.3, -0.25) is 4.57 Å². The zero-order valence-corrected chi connectivity index (χ0v) is 28.4. The minimum absolute atomic E-state index is 0.0307. The van der Waals surface area contributed by atoms with E-state index < -0.39 is 65.6 Å². The second-order valence-corrected chi connectivity index (χ2v) is 16.7. The predicted molar refractivity (Wildman–Crippen MR) is 167 cm³/mol. The predicted octanol–water partition coefficient (Wildman–Crippen LogP) is 5.22. The minimum atomic E-state index is -3.81. The van der Waals surface area contributed by atoms with Crippen LogP contribution in [0.15, 0.2) is 17.0 Å². The highest BCUT2D eigenvalue weighted by Gasteiger charge is 2.54. The van der Waals surface area contributed by atoms with E-state index in [1.54, 1.807) is 27.7 Å². The van der Waals surface area contributed by atoms with Crippen LogP contribution in [0.25, 0.3) is 11.1 Å². The summed E-state index contributed by atoms with van der Waals surface area (Å²) in [7, 11) is -2.38. The molecular formula is C27H43N2O11PS2. The van der Waals surface area contributed by atoms with Gasteiger partial charge in [0.05, 0.1) is 31.0 Å². The van der Waals surface area contributed by atoms with Gasteiger partial charge in [-0.05, 0) is 19.1 Å². The van der Waals surface area contributed by atoms with Crippen LogP contribution in [0.3, 0.4) is 0 Å². The molecule has 3 rings (SSSR count). The smallest absolute Gasteiger partial charge is 0.261 e. The topological polar surface area (TPSA) is 183 Å². The SMILES string of the molecule is CCP(=O)(OCC1OC(c2coc3c(OC)ncnc23)C(C)(O)C1O)C(COC(=S)C(C)(C)C)OC(=S(O)O)C(C)(C)C. The molecule has 16 heteroatoms. The highest BCUT2D eigenvalue weighted by Crippen LogP contribution is 2.54. The third-order valence-corrected chi connectivity index (χ3v) is 11.3. The Bertz CT molecular complexity index is 1380. The Hall–Kier alpha value is -1.52. The Kier molecular flexibility index (Phi) is 11.2. The Morgan fingerprint density at radius 1 is 1.21 bits per heavy atom. The second-order valence-electron chi connectivity index (χ2n) is 12.5. The molecule has 4 N–H and O–H groups in total. The van der Waals surface area contributed by atoms with Crippen molar-refractivity contribution in [3.8, 4) is 5.88 Å². The number of thiocarbonyl (C=S) groups is 1. The van der Waals surface area contributed by atoms with Crippen molar-refractivity contribution in [2.45, 2.75) is 85.1 Å². The average molecular weight is 667 g/mol. The number of aromatic nitrogens is 2. The van der Waals surface area contributed by atoms with Crippen molar-refractivity contribution < 1.29 is 51.8 Å². The van der Waals surface area contributed by atoms with Crippen LogP contribution in [0.5, 0.6) is 5.88 Å².